The summed E-state index contributed by atoms with van der Waals surface area (Å²) in [5, 5.41) is 9.85. The molecule has 2 N–H and O–H groups in total. The van der Waals surface area contributed by atoms with Crippen LogP contribution in [0, 0.1) is 0 Å². The lowest BCUT2D eigenvalue weighted by Gasteiger charge is -2.21. The summed E-state index contributed by atoms with van der Waals surface area (Å²) in [5.41, 5.74) is 0. The predicted molar refractivity (Wildman–Crippen MR) is 334 cm³/mol. The van der Waals surface area contributed by atoms with Crippen molar-refractivity contribution in [1.29, 1.82) is 0 Å². The van der Waals surface area contributed by atoms with Crippen LogP contribution in [0.1, 0.15) is 278 Å². The van der Waals surface area contributed by atoms with Crippen molar-refractivity contribution in [3.05, 3.63) is 97.2 Å². The number of rotatable bonds is 59. The molecule has 0 radical (unpaired) electrons. The van der Waals surface area contributed by atoms with Crippen molar-refractivity contribution in [2.45, 2.75) is 290 Å². The highest BCUT2D eigenvalue weighted by atomic mass is 31.2. The molecule has 3 atom stereocenters. The number of hydrogen-bond acceptors (Lipinski definition) is 10. The molecule has 0 saturated heterocycles. The van der Waals surface area contributed by atoms with Gasteiger partial charge in [0.1, 0.15) is 12.7 Å². The molecule has 0 fully saturated rings. The SMILES string of the molecule is CC/C=C\C/C=C\C/C=C\C/C=C\CCCCCCC(=O)OCC(COP(=O)(O)OCC(CO)OC(=O)CCCCCC/C=C\C/C=C\C/C=C\C/C=C\CC)OC(=O)CCCCCCCCCCCCCCCCCCCCC. The standard InChI is InChI=1S/C68H117O11P/c1-4-7-10-13-16-19-22-25-28-31-32-35-38-41-44-47-50-53-56-59-68(72)79-65(61-75-66(70)57-54-51-48-45-42-39-36-33-29-26-23-20-17-14-11-8-5-2)63-77-80(73,74)76-62-64(60-69)78-67(71)58-55-52-49-46-43-40-37-34-30-27-24-21-18-15-12-9-6-3/h8-9,11-12,17-18,20-21,26-27,29-30,36-37,39-40,64-65,69H,4-7,10,13-16,19,22-25,28,31-35,38,41-63H2,1-3H3,(H,73,74)/b11-8-,12-9-,20-17-,21-18-,29-26-,30-27-,39-36-,40-37-. The molecule has 0 bridgehead atoms. The molecular formula is C68H117O11P. The molecule has 80 heavy (non-hydrogen) atoms. The molecule has 0 aromatic carbocycles. The summed E-state index contributed by atoms with van der Waals surface area (Å²) in [6, 6.07) is 0. The second-order valence-corrected chi connectivity index (χ2v) is 22.6. The molecule has 0 heterocycles. The number of carbonyl (C=O) groups excluding carboxylic acids is 3. The Morgan fingerprint density at radius 1 is 0.362 bits per heavy atom. The number of aliphatic hydroxyl groups is 1. The number of phosphoric acid groups is 1. The number of aliphatic hydroxyl groups excluding tert-OH is 1. The fraction of sp³-hybridized carbons (Fsp3) is 0.721. The van der Waals surface area contributed by atoms with Gasteiger partial charge in [-0.1, -0.05) is 259 Å². The van der Waals surface area contributed by atoms with Gasteiger partial charge in [0, 0.05) is 19.3 Å². The number of unbranched alkanes of at least 4 members (excludes halogenated alkanes) is 26. The minimum atomic E-state index is -4.77. The number of phosphoric ester groups is 1. The predicted octanol–water partition coefficient (Wildman–Crippen LogP) is 19.6. The Labute approximate surface area is 489 Å². The van der Waals surface area contributed by atoms with Gasteiger partial charge in [0.2, 0.25) is 0 Å². The summed E-state index contributed by atoms with van der Waals surface area (Å²) >= 11 is 0. The van der Waals surface area contributed by atoms with Gasteiger partial charge in [-0.3, -0.25) is 23.4 Å². The Kier molecular flexibility index (Phi) is 58.7. The largest absolute Gasteiger partial charge is 0.472 e. The van der Waals surface area contributed by atoms with Crippen molar-refractivity contribution in [1.82, 2.24) is 0 Å². The monoisotopic (exact) mass is 1140 g/mol. The molecular weight excluding hydrogens is 1020 g/mol. The number of ether oxygens (including phenoxy) is 3. The molecule has 460 valence electrons. The molecule has 0 aliphatic carbocycles. The second-order valence-electron chi connectivity index (χ2n) is 21.2. The normalized spacial score (nSPS) is 13.9. The van der Waals surface area contributed by atoms with E-state index in [1.54, 1.807) is 0 Å². The van der Waals surface area contributed by atoms with Gasteiger partial charge in [-0.25, -0.2) is 4.57 Å². The first-order valence-electron chi connectivity index (χ1n) is 32.1. The van der Waals surface area contributed by atoms with Crippen LogP contribution < -0.4 is 0 Å². The summed E-state index contributed by atoms with van der Waals surface area (Å²) in [7, 11) is -4.77. The Morgan fingerprint density at radius 2 is 0.650 bits per heavy atom. The van der Waals surface area contributed by atoms with Gasteiger partial charge in [-0.05, 0) is 96.3 Å². The van der Waals surface area contributed by atoms with Crippen LogP contribution in [0.5, 0.6) is 0 Å². The minimum absolute atomic E-state index is 0.145. The van der Waals surface area contributed by atoms with Crippen LogP contribution in [-0.2, 0) is 42.2 Å². The summed E-state index contributed by atoms with van der Waals surface area (Å²) in [5.74, 6) is -1.51. The van der Waals surface area contributed by atoms with Gasteiger partial charge in [-0.15, -0.1) is 0 Å². The highest BCUT2D eigenvalue weighted by molar-refractivity contribution is 7.47. The van der Waals surface area contributed by atoms with E-state index in [1.165, 1.54) is 96.3 Å². The quantitative estimate of drug-likeness (QED) is 0.0197. The molecule has 0 aliphatic heterocycles. The maximum Gasteiger partial charge on any atom is 0.472 e. The average molecular weight is 1140 g/mol. The third kappa shape index (κ3) is 59.0. The van der Waals surface area contributed by atoms with Crippen LogP contribution in [-0.4, -0.2) is 66.5 Å². The van der Waals surface area contributed by atoms with E-state index in [9.17, 15) is 28.9 Å². The van der Waals surface area contributed by atoms with E-state index in [0.29, 0.717) is 19.3 Å². The van der Waals surface area contributed by atoms with Crippen LogP contribution in [0.4, 0.5) is 0 Å². The lowest BCUT2D eigenvalue weighted by molar-refractivity contribution is -0.161. The number of allylic oxidation sites excluding steroid dienone is 16. The Morgan fingerprint density at radius 3 is 1.00 bits per heavy atom. The van der Waals surface area contributed by atoms with Crippen LogP contribution in [0.2, 0.25) is 0 Å². The van der Waals surface area contributed by atoms with Crippen molar-refractivity contribution in [3.63, 3.8) is 0 Å². The van der Waals surface area contributed by atoms with Crippen LogP contribution in [0.25, 0.3) is 0 Å². The fourth-order valence-electron chi connectivity index (χ4n) is 8.69. The lowest BCUT2D eigenvalue weighted by atomic mass is 10.0. The molecule has 11 nitrogen and oxygen atoms in total. The van der Waals surface area contributed by atoms with Crippen molar-refractivity contribution in [3.8, 4) is 0 Å². The maximum absolute atomic E-state index is 13.0. The van der Waals surface area contributed by atoms with Crippen LogP contribution in [0.3, 0.4) is 0 Å². The van der Waals surface area contributed by atoms with Gasteiger partial charge in [0.25, 0.3) is 0 Å². The van der Waals surface area contributed by atoms with Gasteiger partial charge in [-0.2, -0.15) is 0 Å². The van der Waals surface area contributed by atoms with Gasteiger partial charge >= 0.3 is 25.7 Å². The van der Waals surface area contributed by atoms with Crippen molar-refractivity contribution < 1.29 is 52.2 Å². The highest BCUT2D eigenvalue weighted by Gasteiger charge is 2.28. The minimum Gasteiger partial charge on any atom is -0.462 e. The summed E-state index contributed by atoms with van der Waals surface area (Å²) in [6.07, 6.45) is 73.6. The van der Waals surface area contributed by atoms with Crippen molar-refractivity contribution in [2.24, 2.45) is 0 Å². The molecule has 0 aromatic rings. The van der Waals surface area contributed by atoms with Crippen molar-refractivity contribution >= 4 is 25.7 Å². The molecule has 0 aromatic heterocycles. The molecule has 12 heteroatoms. The summed E-state index contributed by atoms with van der Waals surface area (Å²) in [6.45, 7) is 4.40. The smallest absolute Gasteiger partial charge is 0.462 e. The van der Waals surface area contributed by atoms with E-state index in [4.69, 9.17) is 23.3 Å². The lowest BCUT2D eigenvalue weighted by Crippen LogP contribution is -2.30. The third-order valence-corrected chi connectivity index (χ3v) is 14.5. The second kappa shape index (κ2) is 61.5. The zero-order valence-corrected chi connectivity index (χ0v) is 51.9. The Hall–Kier alpha value is -3.60. The van der Waals surface area contributed by atoms with Gasteiger partial charge in [0.15, 0.2) is 6.10 Å². The third-order valence-electron chi connectivity index (χ3n) is 13.5. The highest BCUT2D eigenvalue weighted by Crippen LogP contribution is 2.43. The van der Waals surface area contributed by atoms with Crippen LogP contribution >= 0.6 is 7.82 Å². The van der Waals surface area contributed by atoms with E-state index in [2.05, 4.69) is 118 Å². The van der Waals surface area contributed by atoms with E-state index in [0.717, 1.165) is 122 Å². The summed E-state index contributed by atoms with van der Waals surface area (Å²) < 4.78 is 39.7. The molecule has 0 rings (SSSR count). The molecule has 0 saturated carbocycles. The zero-order valence-electron chi connectivity index (χ0n) is 51.0. The Balaban J connectivity index is 4.75. The maximum atomic E-state index is 13.0. The van der Waals surface area contributed by atoms with Gasteiger partial charge in [0.05, 0.1) is 19.8 Å². The zero-order chi connectivity index (χ0) is 58.3. The number of esters is 3. The molecule has 0 aliphatic rings. The molecule has 0 amide bonds. The fourth-order valence-corrected chi connectivity index (χ4v) is 9.48. The number of hydrogen-bond donors (Lipinski definition) is 2. The number of carbonyl (C=O) groups is 3. The Bertz CT molecular complexity index is 1710. The van der Waals surface area contributed by atoms with Crippen LogP contribution in [0.15, 0.2) is 97.2 Å². The first-order valence-corrected chi connectivity index (χ1v) is 33.6. The molecule has 3 unspecified atom stereocenters. The summed E-state index contributed by atoms with van der Waals surface area (Å²) in [4.78, 5) is 48.8. The van der Waals surface area contributed by atoms with E-state index >= 15 is 0 Å². The van der Waals surface area contributed by atoms with E-state index < -0.39 is 57.8 Å². The van der Waals surface area contributed by atoms with E-state index in [-0.39, 0.29) is 25.9 Å². The van der Waals surface area contributed by atoms with Gasteiger partial charge < -0.3 is 24.2 Å². The first kappa shape index (κ1) is 76.4. The first-order chi connectivity index (χ1) is 39.2. The average Bonchev–Trinajstić information content (AvgIpc) is 3.45. The van der Waals surface area contributed by atoms with Crippen molar-refractivity contribution in [2.75, 3.05) is 26.4 Å². The topological polar surface area (TPSA) is 155 Å². The molecule has 0 spiro atoms. The van der Waals surface area contributed by atoms with E-state index in [1.807, 2.05) is 0 Å².